The zero-order valence-corrected chi connectivity index (χ0v) is 22.3. The molecule has 0 amide bonds. The average Bonchev–Trinajstić information content (AvgIpc) is 2.70. The van der Waals surface area contributed by atoms with Crippen LogP contribution in [-0.2, 0) is 16.2 Å². The van der Waals surface area contributed by atoms with E-state index in [2.05, 4.69) is 140 Å². The molecule has 170 valence electrons. The lowest BCUT2D eigenvalue weighted by Gasteiger charge is -2.35. The van der Waals surface area contributed by atoms with Gasteiger partial charge in [-0.2, -0.15) is 0 Å². The van der Waals surface area contributed by atoms with Gasteiger partial charge in [0.25, 0.3) is 0 Å². The fourth-order valence-electron chi connectivity index (χ4n) is 3.92. The molecule has 2 heteroatoms. The van der Waals surface area contributed by atoms with Gasteiger partial charge in [0.05, 0.1) is 8.07 Å². The zero-order chi connectivity index (χ0) is 23.7. The SMILES string of the molecule is CC(C)(C)c1cc(C(C)(C)C)c(NP(c2ccccc2)c2ccccc2)c(C(C)(C)C)c1. The summed E-state index contributed by atoms with van der Waals surface area (Å²) in [4.78, 5) is 0. The van der Waals surface area contributed by atoms with Gasteiger partial charge < -0.3 is 5.09 Å². The third kappa shape index (κ3) is 5.62. The Balaban J connectivity index is 2.29. The van der Waals surface area contributed by atoms with Crippen molar-refractivity contribution in [1.82, 2.24) is 0 Å². The van der Waals surface area contributed by atoms with Gasteiger partial charge in [-0.05, 0) is 32.9 Å². The molecule has 0 saturated carbocycles. The van der Waals surface area contributed by atoms with Crippen molar-refractivity contribution in [2.75, 3.05) is 5.09 Å². The molecule has 0 aliphatic carbocycles. The summed E-state index contributed by atoms with van der Waals surface area (Å²) in [7, 11) is -0.742. The first kappa shape index (κ1) is 24.5. The van der Waals surface area contributed by atoms with Gasteiger partial charge in [-0.15, -0.1) is 0 Å². The Hall–Kier alpha value is -2.11. The van der Waals surface area contributed by atoms with Crippen molar-refractivity contribution in [3.63, 3.8) is 0 Å². The summed E-state index contributed by atoms with van der Waals surface area (Å²) in [6.07, 6.45) is 0. The third-order valence-electron chi connectivity index (χ3n) is 5.87. The first-order valence-electron chi connectivity index (χ1n) is 11.6. The fourth-order valence-corrected chi connectivity index (χ4v) is 5.88. The molecule has 0 atom stereocenters. The Morgan fingerprint density at radius 2 is 0.906 bits per heavy atom. The summed E-state index contributed by atoms with van der Waals surface area (Å²) in [5.41, 5.74) is 5.65. The van der Waals surface area contributed by atoms with Crippen molar-refractivity contribution in [1.29, 1.82) is 0 Å². The van der Waals surface area contributed by atoms with Gasteiger partial charge >= 0.3 is 0 Å². The molecule has 0 unspecified atom stereocenters. The van der Waals surface area contributed by atoms with Crippen LogP contribution in [0.5, 0.6) is 0 Å². The van der Waals surface area contributed by atoms with Gasteiger partial charge in [-0.3, -0.25) is 0 Å². The maximum absolute atomic E-state index is 4.11. The molecule has 0 bridgehead atoms. The lowest BCUT2D eigenvalue weighted by molar-refractivity contribution is 0.551. The number of nitrogens with one attached hydrogen (secondary N) is 1. The van der Waals surface area contributed by atoms with E-state index in [1.807, 2.05) is 0 Å². The lowest BCUT2D eigenvalue weighted by atomic mass is 9.74. The summed E-state index contributed by atoms with van der Waals surface area (Å²) in [5, 5.41) is 6.79. The van der Waals surface area contributed by atoms with Crippen LogP contribution in [0, 0.1) is 0 Å². The van der Waals surface area contributed by atoms with Crippen molar-refractivity contribution in [3.8, 4) is 0 Å². The molecule has 32 heavy (non-hydrogen) atoms. The second-order valence-electron chi connectivity index (χ2n) is 11.8. The van der Waals surface area contributed by atoms with Crippen LogP contribution in [0.2, 0.25) is 0 Å². The topological polar surface area (TPSA) is 12.0 Å². The highest BCUT2D eigenvalue weighted by atomic mass is 31.1. The number of hydrogen-bond acceptors (Lipinski definition) is 1. The molecule has 0 heterocycles. The summed E-state index contributed by atoms with van der Waals surface area (Å²) in [6.45, 7) is 20.9. The number of benzene rings is 3. The van der Waals surface area contributed by atoms with Crippen molar-refractivity contribution >= 4 is 24.4 Å². The molecule has 0 aliphatic rings. The molecule has 3 aromatic carbocycles. The van der Waals surface area contributed by atoms with Crippen LogP contribution in [0.3, 0.4) is 0 Å². The monoisotopic (exact) mass is 445 g/mol. The van der Waals surface area contributed by atoms with Gasteiger partial charge in [0.2, 0.25) is 0 Å². The zero-order valence-electron chi connectivity index (χ0n) is 21.4. The molecule has 0 radical (unpaired) electrons. The van der Waals surface area contributed by atoms with E-state index in [1.54, 1.807) is 0 Å². The molecular formula is C30H40NP. The van der Waals surface area contributed by atoms with E-state index in [0.29, 0.717) is 0 Å². The Labute approximate surface area is 197 Å². The first-order chi connectivity index (χ1) is 14.8. The number of hydrogen-bond donors (Lipinski definition) is 1. The van der Waals surface area contributed by atoms with E-state index >= 15 is 0 Å². The van der Waals surface area contributed by atoms with Gasteiger partial charge in [-0.25, -0.2) is 0 Å². The largest absolute Gasteiger partial charge is 0.356 e. The quantitative estimate of drug-likeness (QED) is 0.401. The summed E-state index contributed by atoms with van der Waals surface area (Å²) in [5.74, 6) is 0. The first-order valence-corrected chi connectivity index (χ1v) is 13.0. The number of rotatable bonds is 4. The van der Waals surface area contributed by atoms with Gasteiger partial charge in [0, 0.05) is 16.3 Å². The second kappa shape index (κ2) is 9.03. The van der Waals surface area contributed by atoms with Crippen molar-refractivity contribution in [3.05, 3.63) is 89.5 Å². The Morgan fingerprint density at radius 1 is 0.531 bits per heavy atom. The van der Waals surface area contributed by atoms with E-state index in [1.165, 1.54) is 33.0 Å². The lowest BCUT2D eigenvalue weighted by Crippen LogP contribution is -2.25. The average molecular weight is 446 g/mol. The van der Waals surface area contributed by atoms with Gasteiger partial charge in [0.1, 0.15) is 0 Å². The van der Waals surface area contributed by atoms with Crippen LogP contribution >= 0.6 is 8.07 Å². The van der Waals surface area contributed by atoms with Crippen LogP contribution in [0.25, 0.3) is 0 Å². The molecule has 3 rings (SSSR count). The van der Waals surface area contributed by atoms with Crippen molar-refractivity contribution in [2.45, 2.75) is 78.6 Å². The molecule has 0 saturated heterocycles. The van der Waals surface area contributed by atoms with Crippen LogP contribution in [-0.4, -0.2) is 0 Å². The minimum absolute atomic E-state index is 0.0258. The fraction of sp³-hybridized carbons (Fsp3) is 0.400. The summed E-state index contributed by atoms with van der Waals surface area (Å²) in [6, 6.07) is 26.7. The highest BCUT2D eigenvalue weighted by molar-refractivity contribution is 7.74. The van der Waals surface area contributed by atoms with Crippen molar-refractivity contribution in [2.24, 2.45) is 0 Å². The van der Waals surface area contributed by atoms with E-state index in [4.69, 9.17) is 0 Å². The summed E-state index contributed by atoms with van der Waals surface area (Å²) >= 11 is 0. The highest BCUT2D eigenvalue weighted by Crippen LogP contribution is 2.46. The van der Waals surface area contributed by atoms with Crippen molar-refractivity contribution < 1.29 is 0 Å². The maximum Gasteiger partial charge on any atom is 0.0522 e. The molecule has 0 aliphatic heterocycles. The summed E-state index contributed by atoms with van der Waals surface area (Å²) < 4.78 is 0. The molecule has 0 aromatic heterocycles. The molecule has 0 spiro atoms. The standard InChI is InChI=1S/C30H40NP/c1-28(2,3)22-20-25(29(4,5)6)27(26(21-22)30(7,8)9)31-32(23-16-12-10-13-17-23)24-18-14-11-15-19-24/h10-21,31H,1-9H3. The van der Waals surface area contributed by atoms with Crippen LogP contribution < -0.4 is 15.7 Å². The van der Waals surface area contributed by atoms with E-state index in [-0.39, 0.29) is 16.2 Å². The second-order valence-corrected chi connectivity index (χ2v) is 13.7. The van der Waals surface area contributed by atoms with E-state index in [9.17, 15) is 0 Å². The third-order valence-corrected chi connectivity index (χ3v) is 7.95. The normalized spacial score (nSPS) is 12.8. The Kier molecular flexibility index (Phi) is 6.92. The molecular weight excluding hydrogens is 405 g/mol. The predicted octanol–water partition coefficient (Wildman–Crippen LogP) is 8.04. The highest BCUT2D eigenvalue weighted by Gasteiger charge is 2.30. The minimum Gasteiger partial charge on any atom is -0.356 e. The molecule has 1 nitrogen and oxygen atoms in total. The Morgan fingerprint density at radius 3 is 1.22 bits per heavy atom. The van der Waals surface area contributed by atoms with Gasteiger partial charge in [-0.1, -0.05) is 135 Å². The van der Waals surface area contributed by atoms with E-state index in [0.717, 1.165) is 0 Å². The van der Waals surface area contributed by atoms with Crippen LogP contribution in [0.4, 0.5) is 5.69 Å². The number of anilines is 1. The molecule has 1 N–H and O–H groups in total. The predicted molar refractivity (Wildman–Crippen MR) is 145 cm³/mol. The molecule has 3 aromatic rings. The minimum atomic E-state index is -0.742. The van der Waals surface area contributed by atoms with Gasteiger partial charge in [0.15, 0.2) is 0 Å². The smallest absolute Gasteiger partial charge is 0.0522 e. The van der Waals surface area contributed by atoms with Crippen LogP contribution in [0.15, 0.2) is 72.8 Å². The Bertz CT molecular complexity index is 958. The van der Waals surface area contributed by atoms with E-state index < -0.39 is 8.07 Å². The molecule has 0 fully saturated rings. The van der Waals surface area contributed by atoms with Crippen LogP contribution in [0.1, 0.15) is 79.0 Å². The maximum atomic E-state index is 4.11.